The molecule has 0 aliphatic carbocycles. The van der Waals surface area contributed by atoms with Gasteiger partial charge in [0.05, 0.1) is 82.9 Å². The normalized spacial score (nSPS) is 11.3. The molecule has 4 N–H and O–H groups in total. The van der Waals surface area contributed by atoms with E-state index in [9.17, 15) is 70.5 Å². The monoisotopic (exact) mass is 1740 g/mol. The van der Waals surface area contributed by atoms with Crippen molar-refractivity contribution in [3.8, 4) is 81.1 Å². The van der Waals surface area contributed by atoms with E-state index in [2.05, 4.69) is 79.2 Å². The molecule has 0 bridgehead atoms. The summed E-state index contributed by atoms with van der Waals surface area (Å²) in [4.78, 5) is 31.9. The Labute approximate surface area is 682 Å². The molecule has 0 amide bonds. The zero-order valence-corrected chi connectivity index (χ0v) is 65.1. The van der Waals surface area contributed by atoms with Crippen LogP contribution in [0.4, 0.5) is 49.1 Å². The highest BCUT2D eigenvalue weighted by atomic mass is 35.5. The van der Waals surface area contributed by atoms with Crippen LogP contribution in [0.15, 0.2) is 227 Å². The van der Waals surface area contributed by atoms with Gasteiger partial charge in [-0.2, -0.15) is 41.4 Å². The molecule has 120 heavy (non-hydrogen) atoms. The standard InChI is InChI=1S/C19H12F2N6O3S.C19H13FN6O3S.C18H9ClF2N6O2S.C18H10ClFN6O2S/c1-30-19-16(26-31(28,29)17-3-2-13(20)7-14(17)21)6-11(9-23-19)15-4-5-27-18(25-15)12(8-22)10-24-27;1-29-19-17(25-30(27,28)15-4-2-14(20)3-5-15)8-12(10-22-19)16-6-7-26-18(24-16)13(9-21)11-23-26;19-17-15(26-30(28,29)16-2-1-12(20)6-13(16)21)5-10(8-23-17)14-3-4-27-18(25-14)11(7-22)9-24-27;19-17-16(25-29(27,28)14-3-1-13(20)2-4-14)7-11(9-22-17)15-5-6-26-18(24-15)12(8-21)10-23-26/h2-7,9-10,26H,1H3;2-8,10-11,25H,1H3;1-6,8-9,26H;1-7,9-10,25H. The number of pyridine rings is 4. The number of hydrogen-bond donors (Lipinski definition) is 4. The van der Waals surface area contributed by atoms with Crippen LogP contribution < -0.4 is 28.4 Å². The molecule has 34 nitrogen and oxygen atoms in total. The molecule has 46 heteroatoms. The van der Waals surface area contributed by atoms with Crippen LogP contribution in [-0.2, 0) is 40.1 Å². The molecular formula is C74H44Cl2F6N24O10S4. The summed E-state index contributed by atoms with van der Waals surface area (Å²) in [7, 11) is -14.2. The van der Waals surface area contributed by atoms with Crippen LogP contribution in [0.25, 0.3) is 67.6 Å². The second kappa shape index (κ2) is 34.2. The number of fused-ring (bicyclic) bond motifs is 4. The molecule has 0 saturated heterocycles. The summed E-state index contributed by atoms with van der Waals surface area (Å²) in [5.74, 6) is -5.43. The minimum Gasteiger partial charge on any atom is -0.480 e. The number of sulfonamides is 4. The average molecular weight is 1740 g/mol. The molecule has 16 rings (SSSR count). The zero-order chi connectivity index (χ0) is 85.5. The fourth-order valence-corrected chi connectivity index (χ4v) is 15.6. The van der Waals surface area contributed by atoms with Crippen molar-refractivity contribution in [2.75, 3.05) is 33.1 Å². The van der Waals surface area contributed by atoms with E-state index in [1.165, 1.54) is 106 Å². The Morgan fingerprint density at radius 3 is 0.900 bits per heavy atom. The first-order valence-electron chi connectivity index (χ1n) is 33.3. The van der Waals surface area contributed by atoms with Crippen molar-refractivity contribution in [1.82, 2.24) is 78.3 Å². The Bertz CT molecular complexity index is 7440. The van der Waals surface area contributed by atoms with E-state index in [-0.39, 0.29) is 65.7 Å². The number of nitriles is 4. The van der Waals surface area contributed by atoms with Gasteiger partial charge >= 0.3 is 0 Å². The van der Waals surface area contributed by atoms with Gasteiger partial charge < -0.3 is 9.47 Å². The van der Waals surface area contributed by atoms with Crippen molar-refractivity contribution in [1.29, 1.82) is 21.0 Å². The van der Waals surface area contributed by atoms with Crippen LogP contribution in [0, 0.1) is 80.2 Å². The fourth-order valence-electron chi connectivity index (χ4n) is 10.8. The quantitative estimate of drug-likeness (QED) is 0.0458. The van der Waals surface area contributed by atoms with Crippen LogP contribution in [0.1, 0.15) is 22.3 Å². The number of halogens is 8. The van der Waals surface area contributed by atoms with Gasteiger partial charge in [0.25, 0.3) is 40.1 Å². The summed E-state index contributed by atoms with van der Waals surface area (Å²) in [5, 5.41) is 52.4. The van der Waals surface area contributed by atoms with Gasteiger partial charge in [-0.15, -0.1) is 0 Å². The summed E-state index contributed by atoms with van der Waals surface area (Å²) in [6.07, 6.45) is 17.6. The van der Waals surface area contributed by atoms with Crippen molar-refractivity contribution in [2.24, 2.45) is 0 Å². The maximum Gasteiger partial charge on any atom is 0.264 e. The van der Waals surface area contributed by atoms with Gasteiger partial charge in [-0.1, -0.05) is 23.2 Å². The van der Waals surface area contributed by atoms with Gasteiger partial charge in [-0.3, -0.25) is 18.9 Å². The molecule has 0 saturated carbocycles. The van der Waals surface area contributed by atoms with E-state index in [0.29, 0.717) is 90.9 Å². The lowest BCUT2D eigenvalue weighted by Gasteiger charge is -2.13. The molecule has 0 aliphatic heterocycles. The number of rotatable bonds is 18. The highest BCUT2D eigenvalue weighted by Gasteiger charge is 2.27. The first-order chi connectivity index (χ1) is 57.4. The second-order valence-electron chi connectivity index (χ2n) is 24.2. The molecule has 12 heterocycles. The van der Waals surface area contributed by atoms with E-state index < -0.39 is 84.8 Å². The Hall–Kier alpha value is -15.3. The van der Waals surface area contributed by atoms with Crippen molar-refractivity contribution in [3.63, 3.8) is 0 Å². The maximum absolute atomic E-state index is 14.0. The summed E-state index contributed by atoms with van der Waals surface area (Å²) in [6, 6.07) is 33.2. The molecule has 0 radical (unpaired) electrons. The molecule has 600 valence electrons. The third-order valence-corrected chi connectivity index (χ3v) is 22.7. The number of hydrogen-bond acceptors (Lipinski definition) is 26. The van der Waals surface area contributed by atoms with Crippen LogP contribution in [-0.4, -0.2) is 126 Å². The Kier molecular flexibility index (Phi) is 23.6. The van der Waals surface area contributed by atoms with Crippen molar-refractivity contribution in [3.05, 3.63) is 275 Å². The number of benzene rings is 4. The molecule has 0 aliphatic rings. The summed E-state index contributed by atoms with van der Waals surface area (Å²) >= 11 is 12.1. The predicted octanol–water partition coefficient (Wildman–Crippen LogP) is 12.0. The molecule has 0 unspecified atom stereocenters. The zero-order valence-electron chi connectivity index (χ0n) is 60.3. The number of anilines is 4. The van der Waals surface area contributed by atoms with Gasteiger partial charge in [-0.25, -0.2) is 118 Å². The van der Waals surface area contributed by atoms with Gasteiger partial charge in [0.2, 0.25) is 11.8 Å². The summed E-state index contributed by atoms with van der Waals surface area (Å²) in [6.45, 7) is 0. The van der Waals surface area contributed by atoms with Gasteiger partial charge in [0, 0.05) is 84.0 Å². The van der Waals surface area contributed by atoms with Gasteiger partial charge in [-0.05, 0) is 121 Å². The largest absolute Gasteiger partial charge is 0.480 e. The third kappa shape index (κ3) is 18.0. The van der Waals surface area contributed by atoms with E-state index in [0.717, 1.165) is 72.8 Å². The third-order valence-electron chi connectivity index (χ3n) is 16.5. The Morgan fingerprint density at radius 1 is 0.342 bits per heavy atom. The first kappa shape index (κ1) is 82.7. The number of aromatic nitrogens is 16. The minimum absolute atomic E-state index is 0.0316. The highest BCUT2D eigenvalue weighted by molar-refractivity contribution is 7.93. The lowest BCUT2D eigenvalue weighted by atomic mass is 10.2. The maximum atomic E-state index is 14.0. The topological polar surface area (TPSA) is 471 Å². The number of ether oxygens (including phenoxy) is 2. The molecule has 12 aromatic heterocycles. The lowest BCUT2D eigenvalue weighted by Crippen LogP contribution is -2.16. The lowest BCUT2D eigenvalue weighted by molar-refractivity contribution is 0.400. The smallest absolute Gasteiger partial charge is 0.264 e. The predicted molar refractivity (Wildman–Crippen MR) is 416 cm³/mol. The van der Waals surface area contributed by atoms with Crippen molar-refractivity contribution in [2.45, 2.75) is 19.6 Å². The summed E-state index contributed by atoms with van der Waals surface area (Å²) < 4.78 is 206. The fraction of sp³-hybridized carbons (Fsp3) is 0.0270. The minimum atomic E-state index is -4.42. The van der Waals surface area contributed by atoms with Crippen LogP contribution in [0.2, 0.25) is 10.3 Å². The number of nitrogens with one attached hydrogen (secondary N) is 4. The molecule has 0 atom stereocenters. The summed E-state index contributed by atoms with van der Waals surface area (Å²) in [5.41, 5.74) is 5.73. The van der Waals surface area contributed by atoms with Crippen LogP contribution >= 0.6 is 23.2 Å². The molecule has 4 aromatic carbocycles. The highest BCUT2D eigenvalue weighted by Crippen LogP contribution is 2.35. The average Bonchev–Trinajstić information content (AvgIpc) is 1.43. The van der Waals surface area contributed by atoms with Crippen LogP contribution in [0.3, 0.4) is 0 Å². The Balaban J connectivity index is 0.000000138. The van der Waals surface area contributed by atoms with E-state index in [4.69, 9.17) is 43.2 Å². The molecule has 0 spiro atoms. The molecule has 16 aromatic rings. The molecule has 0 fully saturated rings. The number of nitrogens with zero attached hydrogens (tertiary/aromatic N) is 20. The second-order valence-corrected chi connectivity index (χ2v) is 31.6. The van der Waals surface area contributed by atoms with Crippen LogP contribution in [0.5, 0.6) is 11.8 Å². The van der Waals surface area contributed by atoms with Gasteiger partial charge in [0.15, 0.2) is 32.9 Å². The SMILES string of the molecule is COc1ncc(-c2ccn3ncc(C#N)c3n2)cc1NS(=O)(=O)c1ccc(F)cc1.COc1ncc(-c2ccn3ncc(C#N)c3n2)cc1NS(=O)(=O)c1ccc(F)cc1F.N#Cc1cnn2ccc(-c3cnc(Cl)c(NS(=O)(=O)c4ccc(F)cc4)c3)nc12.N#Cc1cnn2ccc(-c3cnc(Cl)c(NS(=O)(=O)c4ccc(F)cc4F)c3)nc12. The number of methoxy groups -OCH3 is 2. The van der Waals surface area contributed by atoms with Crippen molar-refractivity contribution >= 4 is 109 Å². The molecular weight excluding hydrogens is 1700 g/mol. The van der Waals surface area contributed by atoms with Gasteiger partial charge in [0.1, 0.15) is 103 Å². The van der Waals surface area contributed by atoms with E-state index >= 15 is 0 Å². The van der Waals surface area contributed by atoms with Crippen molar-refractivity contribution < 1.29 is 69.5 Å². The Morgan fingerprint density at radius 2 is 0.608 bits per heavy atom. The first-order valence-corrected chi connectivity index (χ1v) is 40.0. The van der Waals surface area contributed by atoms with E-state index in [1.54, 1.807) is 49.1 Å². The van der Waals surface area contributed by atoms with E-state index in [1.807, 2.05) is 24.3 Å².